The number of benzene rings is 1. The Hall–Kier alpha value is -2.34. The molecule has 0 aliphatic carbocycles. The smallest absolute Gasteiger partial charge is 0.313 e. The molecule has 84 valence electrons. The number of halogens is 1. The minimum absolute atomic E-state index is 0.00344. The van der Waals surface area contributed by atoms with Crippen molar-refractivity contribution >= 4 is 5.69 Å². The molecule has 0 saturated heterocycles. The van der Waals surface area contributed by atoms with Crippen molar-refractivity contribution in [2.45, 2.75) is 0 Å². The molecule has 1 aromatic carbocycles. The second-order valence-corrected chi connectivity index (χ2v) is 2.67. The number of rotatable bonds is 5. The van der Waals surface area contributed by atoms with Gasteiger partial charge in [0, 0.05) is 4.91 Å². The first kappa shape index (κ1) is 11.7. The molecular weight excluding hydrogens is 219 g/mol. The first-order chi connectivity index (χ1) is 7.65. The Morgan fingerprint density at radius 1 is 1.62 bits per heavy atom. The fourth-order valence-corrected chi connectivity index (χ4v) is 0.996. The summed E-state index contributed by atoms with van der Waals surface area (Å²) in [5.41, 5.74) is 7.53. The maximum atomic E-state index is 12.7. The van der Waals surface area contributed by atoms with E-state index in [9.17, 15) is 14.5 Å². The second-order valence-electron chi connectivity index (χ2n) is 2.67. The van der Waals surface area contributed by atoms with Crippen LogP contribution in [-0.4, -0.2) is 18.1 Å². The predicted octanol–water partition coefficient (Wildman–Crippen LogP) is 2.42. The first-order valence-electron chi connectivity index (χ1n) is 4.22. The quantitative estimate of drug-likeness (QED) is 0.192. The van der Waals surface area contributed by atoms with Gasteiger partial charge in [0.25, 0.3) is 0 Å². The molecule has 7 nitrogen and oxygen atoms in total. The molecule has 1 aromatic rings. The summed E-state index contributed by atoms with van der Waals surface area (Å²) in [5.74, 6) is -0.770. The fraction of sp³-hybridized carbons (Fsp3) is 0.250. The van der Waals surface area contributed by atoms with Crippen molar-refractivity contribution in [2.24, 2.45) is 5.11 Å². The molecule has 0 aliphatic rings. The van der Waals surface area contributed by atoms with Crippen LogP contribution >= 0.6 is 0 Å². The molecule has 8 heteroatoms. The van der Waals surface area contributed by atoms with Crippen LogP contribution in [0.4, 0.5) is 10.1 Å². The van der Waals surface area contributed by atoms with Crippen LogP contribution in [-0.2, 0) is 0 Å². The van der Waals surface area contributed by atoms with Crippen LogP contribution in [0.2, 0.25) is 0 Å². The Labute approximate surface area is 89.2 Å². The highest BCUT2D eigenvalue weighted by atomic mass is 19.1. The van der Waals surface area contributed by atoms with Crippen LogP contribution in [0.5, 0.6) is 5.75 Å². The highest BCUT2D eigenvalue weighted by Gasteiger charge is 2.15. The minimum atomic E-state index is -0.744. The number of azide groups is 1. The highest BCUT2D eigenvalue weighted by Crippen LogP contribution is 2.27. The third-order valence-electron chi connectivity index (χ3n) is 1.63. The molecule has 0 bridgehead atoms. The molecule has 0 N–H and O–H groups in total. The summed E-state index contributed by atoms with van der Waals surface area (Å²) in [6.07, 6.45) is 0. The SMILES string of the molecule is [N-]=[N+]=NCCOc1ccc(F)cc1[N+](=O)[O-]. The predicted molar refractivity (Wildman–Crippen MR) is 52.6 cm³/mol. The molecule has 0 amide bonds. The third kappa shape index (κ3) is 3.10. The molecule has 0 fully saturated rings. The van der Waals surface area contributed by atoms with Crippen molar-refractivity contribution in [2.75, 3.05) is 13.2 Å². The first-order valence-corrected chi connectivity index (χ1v) is 4.22. The molecule has 1 rings (SSSR count). The van der Waals surface area contributed by atoms with Crippen molar-refractivity contribution in [1.82, 2.24) is 0 Å². The molecule has 0 saturated carbocycles. The lowest BCUT2D eigenvalue weighted by Gasteiger charge is -2.04. The van der Waals surface area contributed by atoms with Crippen molar-refractivity contribution < 1.29 is 14.1 Å². The number of nitro benzene ring substituents is 1. The van der Waals surface area contributed by atoms with E-state index in [0.29, 0.717) is 0 Å². The molecule has 0 unspecified atom stereocenters. The van der Waals surface area contributed by atoms with E-state index < -0.39 is 16.4 Å². The molecule has 0 heterocycles. The molecule has 0 atom stereocenters. The van der Waals surface area contributed by atoms with Gasteiger partial charge in [-0.1, -0.05) is 5.11 Å². The Morgan fingerprint density at radius 2 is 2.38 bits per heavy atom. The van der Waals surface area contributed by atoms with Crippen LogP contribution in [0, 0.1) is 15.9 Å². The van der Waals surface area contributed by atoms with Gasteiger partial charge >= 0.3 is 5.69 Å². The van der Waals surface area contributed by atoms with Crippen LogP contribution in [0.1, 0.15) is 0 Å². The zero-order valence-electron chi connectivity index (χ0n) is 8.04. The normalized spacial score (nSPS) is 9.31. The van der Waals surface area contributed by atoms with Crippen LogP contribution in [0.3, 0.4) is 0 Å². The summed E-state index contributed by atoms with van der Waals surface area (Å²) in [5, 5.41) is 13.7. The topological polar surface area (TPSA) is 101 Å². The lowest BCUT2D eigenvalue weighted by molar-refractivity contribution is -0.386. The number of nitro groups is 1. The monoisotopic (exact) mass is 226 g/mol. The average Bonchev–Trinajstić information content (AvgIpc) is 2.26. The third-order valence-corrected chi connectivity index (χ3v) is 1.63. The van der Waals surface area contributed by atoms with Gasteiger partial charge in [-0.15, -0.1) is 0 Å². The van der Waals surface area contributed by atoms with Gasteiger partial charge in [0.15, 0.2) is 5.75 Å². The van der Waals surface area contributed by atoms with Gasteiger partial charge in [-0.3, -0.25) is 10.1 Å². The van der Waals surface area contributed by atoms with E-state index in [0.717, 1.165) is 18.2 Å². The van der Waals surface area contributed by atoms with Gasteiger partial charge in [0.1, 0.15) is 5.82 Å². The van der Waals surface area contributed by atoms with E-state index in [1.54, 1.807) is 0 Å². The maximum absolute atomic E-state index is 12.7. The van der Waals surface area contributed by atoms with Gasteiger partial charge in [-0.2, -0.15) is 0 Å². The zero-order chi connectivity index (χ0) is 12.0. The van der Waals surface area contributed by atoms with E-state index in [2.05, 4.69) is 10.0 Å². The molecule has 0 aromatic heterocycles. The maximum Gasteiger partial charge on any atom is 0.313 e. The second kappa shape index (κ2) is 5.52. The average molecular weight is 226 g/mol. The molecule has 16 heavy (non-hydrogen) atoms. The summed E-state index contributed by atoms with van der Waals surface area (Å²) in [6.45, 7) is 0.0432. The number of nitrogens with zero attached hydrogens (tertiary/aromatic N) is 4. The van der Waals surface area contributed by atoms with Gasteiger partial charge in [0.2, 0.25) is 0 Å². The fourth-order valence-electron chi connectivity index (χ4n) is 0.996. The Bertz CT molecular complexity index is 445. The highest BCUT2D eigenvalue weighted by molar-refractivity contribution is 5.46. The minimum Gasteiger partial charge on any atom is -0.487 e. The largest absolute Gasteiger partial charge is 0.487 e. The Kier molecular flexibility index (Phi) is 4.05. The lowest BCUT2D eigenvalue weighted by Crippen LogP contribution is -2.03. The number of hydrogen-bond donors (Lipinski definition) is 0. The van der Waals surface area contributed by atoms with Crippen molar-refractivity contribution in [3.05, 3.63) is 44.6 Å². The summed E-state index contributed by atoms with van der Waals surface area (Å²) in [7, 11) is 0. The Morgan fingerprint density at radius 3 is 3.00 bits per heavy atom. The van der Waals surface area contributed by atoms with E-state index >= 15 is 0 Å². The van der Waals surface area contributed by atoms with E-state index in [-0.39, 0.29) is 18.9 Å². The van der Waals surface area contributed by atoms with Crippen LogP contribution in [0.15, 0.2) is 23.3 Å². The van der Waals surface area contributed by atoms with Crippen molar-refractivity contribution in [3.63, 3.8) is 0 Å². The lowest BCUT2D eigenvalue weighted by atomic mass is 10.3. The van der Waals surface area contributed by atoms with Gasteiger partial charge in [-0.05, 0) is 17.7 Å². The standard InChI is InChI=1S/C8H7FN4O3/c9-6-1-2-8(7(5-6)13(14)15)16-4-3-11-12-10/h1-2,5H,3-4H2. The van der Waals surface area contributed by atoms with E-state index in [1.165, 1.54) is 0 Å². The van der Waals surface area contributed by atoms with Crippen LogP contribution < -0.4 is 4.74 Å². The van der Waals surface area contributed by atoms with E-state index in [1.807, 2.05) is 0 Å². The van der Waals surface area contributed by atoms with Gasteiger partial charge in [-0.25, -0.2) is 4.39 Å². The van der Waals surface area contributed by atoms with Crippen molar-refractivity contribution in [1.29, 1.82) is 0 Å². The summed E-state index contributed by atoms with van der Waals surface area (Å²) >= 11 is 0. The number of ether oxygens (including phenoxy) is 1. The van der Waals surface area contributed by atoms with Gasteiger partial charge < -0.3 is 4.74 Å². The van der Waals surface area contributed by atoms with Crippen LogP contribution in [0.25, 0.3) is 10.4 Å². The van der Waals surface area contributed by atoms with Crippen molar-refractivity contribution in [3.8, 4) is 5.75 Å². The van der Waals surface area contributed by atoms with E-state index in [4.69, 9.17) is 10.3 Å². The summed E-state index contributed by atoms with van der Waals surface area (Å²) in [4.78, 5) is 12.3. The summed E-state index contributed by atoms with van der Waals surface area (Å²) in [6, 6.07) is 2.97. The molecule has 0 spiro atoms. The summed E-state index contributed by atoms with van der Waals surface area (Å²) < 4.78 is 17.7. The zero-order valence-corrected chi connectivity index (χ0v) is 8.04. The molecule has 0 radical (unpaired) electrons. The Balaban J connectivity index is 2.78. The molecule has 0 aliphatic heterocycles. The van der Waals surface area contributed by atoms with Gasteiger partial charge in [0.05, 0.1) is 24.1 Å². The molecular formula is C8H7FN4O3. The number of hydrogen-bond acceptors (Lipinski definition) is 4.